The van der Waals surface area contributed by atoms with Crippen LogP contribution in [0, 0.1) is 11.8 Å². The fourth-order valence-corrected chi connectivity index (χ4v) is 6.73. The molecule has 1 atom stereocenters. The van der Waals surface area contributed by atoms with Gasteiger partial charge in [-0.2, -0.15) is 0 Å². The second-order valence-electron chi connectivity index (χ2n) is 11.1. The third kappa shape index (κ3) is 4.50. The number of carbonyl (C=O) groups excluding carboxylic acids is 1. The molecule has 1 amide bonds. The van der Waals surface area contributed by atoms with E-state index in [1.54, 1.807) is 0 Å². The second-order valence-corrected chi connectivity index (χ2v) is 11.1. The molecule has 0 spiro atoms. The van der Waals surface area contributed by atoms with Gasteiger partial charge in [0, 0.05) is 33.8 Å². The van der Waals surface area contributed by atoms with Gasteiger partial charge in [0.2, 0.25) is 5.91 Å². The van der Waals surface area contributed by atoms with E-state index in [0.29, 0.717) is 6.54 Å². The number of likely N-dealkylation sites (tertiary alicyclic amines) is 2. The lowest BCUT2D eigenvalue weighted by Gasteiger charge is -2.31. The van der Waals surface area contributed by atoms with Crippen molar-refractivity contribution in [2.24, 2.45) is 11.8 Å². The van der Waals surface area contributed by atoms with Gasteiger partial charge in [-0.25, -0.2) is 0 Å². The third-order valence-electron chi connectivity index (χ3n) is 8.66. The number of H-pyrrole nitrogens is 1. The summed E-state index contributed by atoms with van der Waals surface area (Å²) in [4.78, 5) is 33.4. The van der Waals surface area contributed by atoms with E-state index in [9.17, 15) is 9.59 Å². The maximum atomic E-state index is 13.1. The Bertz CT molecular complexity index is 1320. The van der Waals surface area contributed by atoms with Crippen LogP contribution in [0.1, 0.15) is 49.7 Å². The van der Waals surface area contributed by atoms with E-state index in [0.717, 1.165) is 64.3 Å². The summed E-state index contributed by atoms with van der Waals surface area (Å²) in [7, 11) is 2.23. The van der Waals surface area contributed by atoms with E-state index in [1.807, 2.05) is 24.3 Å². The molecule has 2 saturated heterocycles. The van der Waals surface area contributed by atoms with Crippen molar-refractivity contribution in [1.29, 1.82) is 0 Å². The van der Waals surface area contributed by atoms with Crippen LogP contribution in [0.2, 0.25) is 0 Å². The van der Waals surface area contributed by atoms with Crippen LogP contribution >= 0.6 is 0 Å². The largest absolute Gasteiger partial charge is 0.325 e. The van der Waals surface area contributed by atoms with Crippen molar-refractivity contribution >= 4 is 33.3 Å². The van der Waals surface area contributed by atoms with Gasteiger partial charge in [0.05, 0.1) is 6.54 Å². The first-order valence-electron chi connectivity index (χ1n) is 13.4. The fourth-order valence-electron chi connectivity index (χ4n) is 6.73. The summed E-state index contributed by atoms with van der Waals surface area (Å²) in [5.41, 5.74) is 3.96. The van der Waals surface area contributed by atoms with Crippen LogP contribution in [0.15, 0.2) is 35.1 Å². The summed E-state index contributed by atoms with van der Waals surface area (Å²) in [5, 5.41) is 6.07. The van der Waals surface area contributed by atoms with Crippen LogP contribution < -0.4 is 10.9 Å². The zero-order valence-electron chi connectivity index (χ0n) is 20.7. The number of pyridine rings is 1. The number of carbonyl (C=O) groups is 1. The quantitative estimate of drug-likeness (QED) is 0.424. The van der Waals surface area contributed by atoms with Gasteiger partial charge in [0.1, 0.15) is 0 Å². The monoisotopic (exact) mass is 472 g/mol. The number of hydrogen-bond acceptors (Lipinski definition) is 4. The Labute approximate surface area is 206 Å². The molecule has 184 valence electrons. The van der Waals surface area contributed by atoms with Crippen LogP contribution in [0.4, 0.5) is 5.69 Å². The summed E-state index contributed by atoms with van der Waals surface area (Å²) >= 11 is 0. The molecule has 0 bridgehead atoms. The van der Waals surface area contributed by atoms with Crippen molar-refractivity contribution in [3.05, 3.63) is 51.8 Å². The van der Waals surface area contributed by atoms with Gasteiger partial charge in [0.15, 0.2) is 0 Å². The Kier molecular flexibility index (Phi) is 6.11. The van der Waals surface area contributed by atoms with Gasteiger partial charge in [0.25, 0.3) is 5.56 Å². The third-order valence-corrected chi connectivity index (χ3v) is 8.66. The first kappa shape index (κ1) is 22.7. The Morgan fingerprint density at radius 3 is 2.66 bits per heavy atom. The maximum absolute atomic E-state index is 13.1. The highest BCUT2D eigenvalue weighted by molar-refractivity contribution is 6.14. The Morgan fingerprint density at radius 1 is 1.00 bits per heavy atom. The molecule has 0 radical (unpaired) electrons. The molecule has 1 unspecified atom stereocenters. The molecule has 2 fully saturated rings. The number of anilines is 1. The van der Waals surface area contributed by atoms with E-state index >= 15 is 0 Å². The number of nitrogens with one attached hydrogen (secondary N) is 2. The number of amides is 1. The molecule has 2 aliphatic heterocycles. The van der Waals surface area contributed by atoms with Gasteiger partial charge in [-0.1, -0.05) is 12.1 Å². The van der Waals surface area contributed by atoms with E-state index in [1.165, 1.54) is 57.2 Å². The number of rotatable bonds is 5. The minimum atomic E-state index is -0.0470. The zero-order chi connectivity index (χ0) is 23.9. The van der Waals surface area contributed by atoms with Crippen molar-refractivity contribution < 1.29 is 4.79 Å². The Hall–Kier alpha value is -2.70. The molecule has 2 aromatic carbocycles. The van der Waals surface area contributed by atoms with Gasteiger partial charge in [-0.3, -0.25) is 14.5 Å². The molecule has 0 saturated carbocycles. The van der Waals surface area contributed by atoms with Crippen LogP contribution in [0.3, 0.4) is 0 Å². The number of benzene rings is 2. The normalized spacial score (nSPS) is 21.7. The van der Waals surface area contributed by atoms with Gasteiger partial charge in [-0.05, 0) is 113 Å². The average Bonchev–Trinajstić information content (AvgIpc) is 3.12. The zero-order valence-corrected chi connectivity index (χ0v) is 20.7. The molecule has 3 aliphatic rings. The predicted octanol–water partition coefficient (Wildman–Crippen LogP) is 4.36. The van der Waals surface area contributed by atoms with Crippen molar-refractivity contribution in [2.75, 3.05) is 45.1 Å². The Balaban J connectivity index is 1.10. The number of nitrogens with zero attached hydrogens (tertiary/aromatic N) is 2. The lowest BCUT2D eigenvalue weighted by atomic mass is 9.84. The number of aromatic amines is 1. The summed E-state index contributed by atoms with van der Waals surface area (Å²) in [5.74, 6) is 1.75. The van der Waals surface area contributed by atoms with Crippen LogP contribution in [0.25, 0.3) is 21.7 Å². The predicted molar refractivity (Wildman–Crippen MR) is 142 cm³/mol. The van der Waals surface area contributed by atoms with E-state index < -0.39 is 0 Å². The summed E-state index contributed by atoms with van der Waals surface area (Å²) in [6.07, 6.45) is 8.50. The van der Waals surface area contributed by atoms with Crippen LogP contribution in [0.5, 0.6) is 0 Å². The summed E-state index contributed by atoms with van der Waals surface area (Å²) in [6, 6.07) is 9.80. The molecule has 35 heavy (non-hydrogen) atoms. The van der Waals surface area contributed by atoms with Crippen LogP contribution in [-0.2, 0) is 11.2 Å². The molecule has 3 aromatic rings. The first-order valence-corrected chi connectivity index (χ1v) is 13.4. The minimum Gasteiger partial charge on any atom is -0.325 e. The van der Waals surface area contributed by atoms with E-state index in [2.05, 4.69) is 33.2 Å². The molecule has 1 aliphatic carbocycles. The average molecular weight is 473 g/mol. The standard InChI is InChI=1S/C29H36N4O2/c1-32-13-9-20(10-14-32)16-19-4-3-12-33(15-11-19)18-26(34)30-24-7-8-25-28-23(24)17-21-5-2-6-22(27(21)28)29(35)31-25/h2,5-8,19-20H,3-4,9-18H2,1H3,(H,30,34)(H,31,35). The van der Waals surface area contributed by atoms with Gasteiger partial charge >= 0.3 is 0 Å². The van der Waals surface area contributed by atoms with Gasteiger partial charge < -0.3 is 15.2 Å². The maximum Gasteiger partial charge on any atom is 0.256 e. The summed E-state index contributed by atoms with van der Waals surface area (Å²) < 4.78 is 0. The topological polar surface area (TPSA) is 68.4 Å². The van der Waals surface area contributed by atoms with Crippen molar-refractivity contribution in [3.8, 4) is 0 Å². The molecule has 3 heterocycles. The lowest BCUT2D eigenvalue weighted by molar-refractivity contribution is -0.117. The number of piperidine rings is 1. The minimum absolute atomic E-state index is 0.0470. The molecule has 6 nitrogen and oxygen atoms in total. The van der Waals surface area contributed by atoms with Crippen molar-refractivity contribution in [1.82, 2.24) is 14.8 Å². The number of aromatic nitrogens is 1. The molecule has 6 heteroatoms. The van der Waals surface area contributed by atoms with Crippen LogP contribution in [-0.4, -0.2) is 60.5 Å². The molecule has 2 N–H and O–H groups in total. The van der Waals surface area contributed by atoms with E-state index in [-0.39, 0.29) is 11.5 Å². The molecular formula is C29H36N4O2. The molecule has 1 aromatic heterocycles. The Morgan fingerprint density at radius 2 is 1.80 bits per heavy atom. The van der Waals surface area contributed by atoms with Crippen molar-refractivity contribution in [3.63, 3.8) is 0 Å². The highest BCUT2D eigenvalue weighted by Gasteiger charge is 2.25. The van der Waals surface area contributed by atoms with E-state index in [4.69, 9.17) is 0 Å². The second kappa shape index (κ2) is 9.40. The first-order chi connectivity index (χ1) is 17.0. The van der Waals surface area contributed by atoms with Gasteiger partial charge in [-0.15, -0.1) is 0 Å². The SMILES string of the molecule is CN1CCC(CC2CCCN(CC(=O)Nc3ccc4[nH]c(=O)c5cccc6c5c4c3C6)CC2)CC1. The molecule has 6 rings (SSSR count). The highest BCUT2D eigenvalue weighted by Crippen LogP contribution is 2.39. The molecular weight excluding hydrogens is 436 g/mol. The fraction of sp³-hybridized carbons (Fsp3) is 0.517. The highest BCUT2D eigenvalue weighted by atomic mass is 16.2. The summed E-state index contributed by atoms with van der Waals surface area (Å²) in [6.45, 7) is 4.96. The van der Waals surface area contributed by atoms with Crippen molar-refractivity contribution in [2.45, 2.75) is 44.9 Å². The smallest absolute Gasteiger partial charge is 0.256 e. The lowest BCUT2D eigenvalue weighted by Crippen LogP contribution is -2.34. The number of hydrogen-bond donors (Lipinski definition) is 2.